The summed E-state index contributed by atoms with van der Waals surface area (Å²) >= 11 is 1.51. The Labute approximate surface area is 125 Å². The summed E-state index contributed by atoms with van der Waals surface area (Å²) < 4.78 is 28.8. The van der Waals surface area contributed by atoms with Crippen molar-refractivity contribution in [3.8, 4) is 11.8 Å². The molecule has 0 saturated heterocycles. The average molecular weight is 308 g/mol. The Morgan fingerprint density at radius 3 is 2.86 bits per heavy atom. The highest BCUT2D eigenvalue weighted by atomic mass is 32.1. The molecule has 21 heavy (non-hydrogen) atoms. The molecule has 0 bridgehead atoms. The first kappa shape index (κ1) is 15.4. The van der Waals surface area contributed by atoms with Gasteiger partial charge in [-0.05, 0) is 30.7 Å². The van der Waals surface area contributed by atoms with Gasteiger partial charge < -0.3 is 10.1 Å². The summed E-state index contributed by atoms with van der Waals surface area (Å²) in [5.74, 6) is 0.152. The predicted octanol–water partition coefficient (Wildman–Crippen LogP) is 4.07. The van der Waals surface area contributed by atoms with Crippen molar-refractivity contribution in [3.63, 3.8) is 0 Å². The molecule has 0 aliphatic carbocycles. The molecule has 1 N–H and O–H groups in total. The van der Waals surface area contributed by atoms with Gasteiger partial charge >= 0.3 is 6.61 Å². The van der Waals surface area contributed by atoms with Gasteiger partial charge in [0.15, 0.2) is 0 Å². The Morgan fingerprint density at radius 1 is 1.38 bits per heavy atom. The van der Waals surface area contributed by atoms with Crippen LogP contribution in [0.25, 0.3) is 0 Å². The van der Waals surface area contributed by atoms with E-state index in [2.05, 4.69) is 16.1 Å². The highest BCUT2D eigenvalue weighted by molar-refractivity contribution is 7.10. The molecule has 0 aliphatic heterocycles. The summed E-state index contributed by atoms with van der Waals surface area (Å²) in [6, 6.07) is 10.5. The highest BCUT2D eigenvalue weighted by Crippen LogP contribution is 2.21. The SMILES string of the molecule is CC(NCc1cc(C#N)cs1)c1cccc(OC(F)F)c1. The van der Waals surface area contributed by atoms with Crippen LogP contribution in [-0.2, 0) is 6.54 Å². The van der Waals surface area contributed by atoms with Crippen molar-refractivity contribution in [3.05, 3.63) is 51.7 Å². The number of thiophene rings is 1. The number of alkyl halides is 2. The minimum atomic E-state index is -2.82. The lowest BCUT2D eigenvalue weighted by Gasteiger charge is -2.15. The van der Waals surface area contributed by atoms with Crippen LogP contribution in [0.1, 0.15) is 29.0 Å². The third-order valence-corrected chi connectivity index (χ3v) is 3.89. The summed E-state index contributed by atoms with van der Waals surface area (Å²) in [7, 11) is 0. The van der Waals surface area contributed by atoms with Gasteiger partial charge in [-0.2, -0.15) is 14.0 Å². The molecule has 0 amide bonds. The van der Waals surface area contributed by atoms with E-state index in [1.54, 1.807) is 17.5 Å². The zero-order valence-electron chi connectivity index (χ0n) is 11.3. The van der Waals surface area contributed by atoms with E-state index in [0.29, 0.717) is 12.1 Å². The molecule has 1 unspecified atom stereocenters. The maximum Gasteiger partial charge on any atom is 0.387 e. The number of benzene rings is 1. The smallest absolute Gasteiger partial charge is 0.387 e. The van der Waals surface area contributed by atoms with Gasteiger partial charge in [0.2, 0.25) is 0 Å². The fourth-order valence-corrected chi connectivity index (χ4v) is 2.62. The first-order valence-corrected chi connectivity index (χ1v) is 7.22. The topological polar surface area (TPSA) is 45.0 Å². The van der Waals surface area contributed by atoms with Gasteiger partial charge in [-0.1, -0.05) is 12.1 Å². The number of hydrogen-bond acceptors (Lipinski definition) is 4. The Kier molecular flexibility index (Phi) is 5.26. The second kappa shape index (κ2) is 7.16. The predicted molar refractivity (Wildman–Crippen MR) is 77.4 cm³/mol. The summed E-state index contributed by atoms with van der Waals surface area (Å²) in [6.45, 7) is -0.257. The average Bonchev–Trinajstić information content (AvgIpc) is 2.92. The molecule has 1 aromatic carbocycles. The largest absolute Gasteiger partial charge is 0.435 e. The van der Waals surface area contributed by atoms with Gasteiger partial charge in [0.25, 0.3) is 0 Å². The summed E-state index contributed by atoms with van der Waals surface area (Å²) in [5.41, 5.74) is 1.52. The molecular formula is C15H14F2N2OS. The zero-order chi connectivity index (χ0) is 15.2. The molecular weight excluding hydrogens is 294 g/mol. The van der Waals surface area contributed by atoms with E-state index in [-0.39, 0.29) is 11.8 Å². The summed E-state index contributed by atoms with van der Waals surface area (Å²) in [6.07, 6.45) is 0. The number of nitriles is 1. The van der Waals surface area contributed by atoms with Crippen molar-refractivity contribution in [2.75, 3.05) is 0 Å². The molecule has 1 atom stereocenters. The third kappa shape index (κ3) is 4.52. The molecule has 0 radical (unpaired) electrons. The van der Waals surface area contributed by atoms with Crippen molar-refractivity contribution >= 4 is 11.3 Å². The van der Waals surface area contributed by atoms with Gasteiger partial charge in [0, 0.05) is 22.8 Å². The molecule has 0 spiro atoms. The fourth-order valence-electron chi connectivity index (χ4n) is 1.86. The lowest BCUT2D eigenvalue weighted by molar-refractivity contribution is -0.0499. The maximum atomic E-state index is 12.2. The van der Waals surface area contributed by atoms with E-state index in [1.165, 1.54) is 17.4 Å². The first-order valence-electron chi connectivity index (χ1n) is 6.34. The van der Waals surface area contributed by atoms with E-state index >= 15 is 0 Å². The summed E-state index contributed by atoms with van der Waals surface area (Å²) in [5, 5.41) is 13.9. The van der Waals surface area contributed by atoms with E-state index in [4.69, 9.17) is 5.26 Å². The molecule has 3 nitrogen and oxygen atoms in total. The van der Waals surface area contributed by atoms with Crippen molar-refractivity contribution in [2.24, 2.45) is 0 Å². The van der Waals surface area contributed by atoms with E-state index in [1.807, 2.05) is 19.1 Å². The molecule has 1 aromatic heterocycles. The second-order valence-electron chi connectivity index (χ2n) is 4.47. The minimum Gasteiger partial charge on any atom is -0.435 e. The highest BCUT2D eigenvalue weighted by Gasteiger charge is 2.09. The van der Waals surface area contributed by atoms with Crippen LogP contribution >= 0.6 is 11.3 Å². The quantitative estimate of drug-likeness (QED) is 0.875. The molecule has 0 fully saturated rings. The van der Waals surface area contributed by atoms with Crippen LogP contribution in [0.3, 0.4) is 0 Å². The van der Waals surface area contributed by atoms with Gasteiger partial charge in [0.1, 0.15) is 11.8 Å². The molecule has 1 heterocycles. The van der Waals surface area contributed by atoms with Crippen molar-refractivity contribution in [2.45, 2.75) is 26.1 Å². The normalized spacial score (nSPS) is 12.1. The minimum absolute atomic E-state index is 0.0149. The summed E-state index contributed by atoms with van der Waals surface area (Å²) in [4.78, 5) is 1.05. The van der Waals surface area contributed by atoms with Crippen LogP contribution in [-0.4, -0.2) is 6.61 Å². The first-order chi connectivity index (χ1) is 10.1. The number of nitrogens with zero attached hydrogens (tertiary/aromatic N) is 1. The van der Waals surface area contributed by atoms with Crippen molar-refractivity contribution < 1.29 is 13.5 Å². The fraction of sp³-hybridized carbons (Fsp3) is 0.267. The van der Waals surface area contributed by atoms with Crippen LogP contribution in [0.15, 0.2) is 35.7 Å². The zero-order valence-corrected chi connectivity index (χ0v) is 12.2. The Hall–Kier alpha value is -1.97. The van der Waals surface area contributed by atoms with Crippen LogP contribution in [0.2, 0.25) is 0 Å². The van der Waals surface area contributed by atoms with Crippen LogP contribution in [0.4, 0.5) is 8.78 Å². The number of rotatable bonds is 6. The van der Waals surface area contributed by atoms with E-state index in [9.17, 15) is 8.78 Å². The molecule has 2 rings (SSSR count). The second-order valence-corrected chi connectivity index (χ2v) is 5.46. The molecule has 6 heteroatoms. The Bertz CT molecular complexity index is 637. The molecule has 0 saturated carbocycles. The van der Waals surface area contributed by atoms with Crippen molar-refractivity contribution in [1.82, 2.24) is 5.32 Å². The van der Waals surface area contributed by atoms with Crippen LogP contribution in [0, 0.1) is 11.3 Å². The lowest BCUT2D eigenvalue weighted by atomic mass is 10.1. The van der Waals surface area contributed by atoms with Crippen LogP contribution < -0.4 is 10.1 Å². The lowest BCUT2D eigenvalue weighted by Crippen LogP contribution is -2.17. The number of nitrogens with one attached hydrogen (secondary N) is 1. The third-order valence-electron chi connectivity index (χ3n) is 2.95. The molecule has 110 valence electrons. The van der Waals surface area contributed by atoms with Gasteiger partial charge in [0.05, 0.1) is 5.56 Å². The van der Waals surface area contributed by atoms with Crippen LogP contribution in [0.5, 0.6) is 5.75 Å². The van der Waals surface area contributed by atoms with Gasteiger partial charge in [-0.3, -0.25) is 0 Å². The van der Waals surface area contributed by atoms with Crippen molar-refractivity contribution in [1.29, 1.82) is 5.26 Å². The number of ether oxygens (including phenoxy) is 1. The monoisotopic (exact) mass is 308 g/mol. The molecule has 2 aromatic rings. The van der Waals surface area contributed by atoms with Gasteiger partial charge in [-0.15, -0.1) is 11.3 Å². The van der Waals surface area contributed by atoms with Gasteiger partial charge in [-0.25, -0.2) is 0 Å². The number of halogens is 2. The Balaban J connectivity index is 1.96. The Morgan fingerprint density at radius 2 is 2.19 bits per heavy atom. The standard InChI is InChI=1S/C15H14F2N2OS/c1-10(19-8-14-5-11(7-18)9-21-14)12-3-2-4-13(6-12)20-15(16)17/h2-6,9-10,15,19H,8H2,1H3. The number of hydrogen-bond donors (Lipinski definition) is 1. The molecule has 0 aliphatic rings. The van der Waals surface area contributed by atoms with E-state index in [0.717, 1.165) is 10.4 Å². The van der Waals surface area contributed by atoms with E-state index < -0.39 is 6.61 Å². The maximum absolute atomic E-state index is 12.2.